The molecule has 0 aliphatic rings. The SMILES string of the molecule is CCCc1ccc(Oc2nc(C)cc(C)c2C#N)cc1. The molecule has 0 spiro atoms. The largest absolute Gasteiger partial charge is 0.438 e. The van der Waals surface area contributed by atoms with Crippen molar-refractivity contribution >= 4 is 0 Å². The highest BCUT2D eigenvalue weighted by atomic mass is 16.5. The van der Waals surface area contributed by atoms with E-state index >= 15 is 0 Å². The first-order chi connectivity index (χ1) is 9.63. The van der Waals surface area contributed by atoms with E-state index in [4.69, 9.17) is 4.74 Å². The number of ether oxygens (including phenoxy) is 1. The second-order valence-corrected chi connectivity index (χ2v) is 4.87. The number of pyridine rings is 1. The van der Waals surface area contributed by atoms with Crippen LogP contribution in [0.25, 0.3) is 0 Å². The summed E-state index contributed by atoms with van der Waals surface area (Å²) in [5.41, 5.74) is 3.51. The minimum absolute atomic E-state index is 0.383. The van der Waals surface area contributed by atoms with Gasteiger partial charge >= 0.3 is 0 Å². The van der Waals surface area contributed by atoms with Crippen LogP contribution in [0.3, 0.4) is 0 Å². The summed E-state index contributed by atoms with van der Waals surface area (Å²) in [5, 5.41) is 9.21. The summed E-state index contributed by atoms with van der Waals surface area (Å²) >= 11 is 0. The number of benzene rings is 1. The van der Waals surface area contributed by atoms with Crippen molar-refractivity contribution in [3.05, 3.63) is 52.7 Å². The molecule has 2 rings (SSSR count). The Labute approximate surface area is 119 Å². The van der Waals surface area contributed by atoms with E-state index in [1.165, 1.54) is 5.56 Å². The number of aromatic nitrogens is 1. The van der Waals surface area contributed by atoms with Crippen molar-refractivity contribution in [3.63, 3.8) is 0 Å². The Kier molecular flexibility index (Phi) is 4.37. The van der Waals surface area contributed by atoms with Gasteiger partial charge < -0.3 is 4.74 Å². The highest BCUT2D eigenvalue weighted by Crippen LogP contribution is 2.26. The summed E-state index contributed by atoms with van der Waals surface area (Å²) in [4.78, 5) is 4.31. The fraction of sp³-hybridized carbons (Fsp3) is 0.294. The molecule has 1 heterocycles. The summed E-state index contributed by atoms with van der Waals surface area (Å²) in [7, 11) is 0. The monoisotopic (exact) mass is 266 g/mol. The summed E-state index contributed by atoms with van der Waals surface area (Å²) < 4.78 is 5.76. The highest BCUT2D eigenvalue weighted by Gasteiger charge is 2.10. The maximum atomic E-state index is 9.21. The Bertz CT molecular complexity index is 639. The molecule has 0 bridgehead atoms. The lowest BCUT2D eigenvalue weighted by atomic mass is 10.1. The normalized spacial score (nSPS) is 10.1. The van der Waals surface area contributed by atoms with Crippen molar-refractivity contribution < 1.29 is 4.74 Å². The van der Waals surface area contributed by atoms with E-state index in [0.29, 0.717) is 17.2 Å². The minimum Gasteiger partial charge on any atom is -0.438 e. The number of rotatable bonds is 4. The van der Waals surface area contributed by atoms with Crippen LogP contribution in [-0.2, 0) is 6.42 Å². The minimum atomic E-state index is 0.383. The van der Waals surface area contributed by atoms with Crippen LogP contribution >= 0.6 is 0 Å². The molecule has 3 nitrogen and oxygen atoms in total. The van der Waals surface area contributed by atoms with E-state index in [-0.39, 0.29) is 0 Å². The van der Waals surface area contributed by atoms with Crippen molar-refractivity contribution in [2.24, 2.45) is 0 Å². The smallest absolute Gasteiger partial charge is 0.237 e. The van der Waals surface area contributed by atoms with Crippen molar-refractivity contribution in [2.45, 2.75) is 33.6 Å². The van der Waals surface area contributed by atoms with Gasteiger partial charge in [-0.05, 0) is 49.6 Å². The van der Waals surface area contributed by atoms with Crippen molar-refractivity contribution in [3.8, 4) is 17.7 Å². The molecule has 1 aromatic heterocycles. The van der Waals surface area contributed by atoms with Gasteiger partial charge in [-0.15, -0.1) is 0 Å². The number of nitrogens with zero attached hydrogens (tertiary/aromatic N) is 2. The molecule has 0 amide bonds. The third-order valence-electron chi connectivity index (χ3n) is 3.10. The zero-order valence-corrected chi connectivity index (χ0v) is 12.1. The number of hydrogen-bond acceptors (Lipinski definition) is 3. The van der Waals surface area contributed by atoms with E-state index in [9.17, 15) is 5.26 Å². The maximum absolute atomic E-state index is 9.21. The van der Waals surface area contributed by atoms with Gasteiger partial charge in [-0.3, -0.25) is 0 Å². The van der Waals surface area contributed by atoms with Gasteiger partial charge in [-0.25, -0.2) is 4.98 Å². The number of aryl methyl sites for hydroxylation is 3. The van der Waals surface area contributed by atoms with Crippen LogP contribution in [0.1, 0.15) is 35.7 Å². The van der Waals surface area contributed by atoms with Crippen molar-refractivity contribution in [1.29, 1.82) is 5.26 Å². The van der Waals surface area contributed by atoms with E-state index in [0.717, 1.165) is 24.1 Å². The Morgan fingerprint density at radius 2 is 1.90 bits per heavy atom. The Hall–Kier alpha value is -2.34. The third-order valence-corrected chi connectivity index (χ3v) is 3.10. The lowest BCUT2D eigenvalue weighted by Crippen LogP contribution is -1.97. The molecule has 0 aliphatic heterocycles. The van der Waals surface area contributed by atoms with Crippen LogP contribution in [0.5, 0.6) is 11.6 Å². The molecular weight excluding hydrogens is 248 g/mol. The zero-order valence-electron chi connectivity index (χ0n) is 12.1. The molecule has 0 fully saturated rings. The molecule has 0 N–H and O–H groups in total. The van der Waals surface area contributed by atoms with Crippen LogP contribution in [0, 0.1) is 25.2 Å². The van der Waals surface area contributed by atoms with Crippen LogP contribution in [0.15, 0.2) is 30.3 Å². The first-order valence-electron chi connectivity index (χ1n) is 6.79. The fourth-order valence-corrected chi connectivity index (χ4v) is 2.14. The second-order valence-electron chi connectivity index (χ2n) is 4.87. The maximum Gasteiger partial charge on any atom is 0.237 e. The van der Waals surface area contributed by atoms with Gasteiger partial charge in [0.15, 0.2) is 0 Å². The second kappa shape index (κ2) is 6.21. The van der Waals surface area contributed by atoms with E-state index < -0.39 is 0 Å². The molecule has 0 saturated heterocycles. The molecule has 0 saturated carbocycles. The average molecular weight is 266 g/mol. The van der Waals surface area contributed by atoms with E-state index in [2.05, 4.69) is 18.0 Å². The summed E-state index contributed by atoms with van der Waals surface area (Å²) in [6.07, 6.45) is 2.18. The van der Waals surface area contributed by atoms with Crippen LogP contribution in [0.2, 0.25) is 0 Å². The summed E-state index contributed by atoms with van der Waals surface area (Å²) in [5.74, 6) is 1.09. The molecule has 1 aromatic carbocycles. The Balaban J connectivity index is 2.28. The van der Waals surface area contributed by atoms with Crippen LogP contribution in [0.4, 0.5) is 0 Å². The van der Waals surface area contributed by atoms with Gasteiger partial charge in [-0.1, -0.05) is 25.5 Å². The van der Waals surface area contributed by atoms with Crippen molar-refractivity contribution in [2.75, 3.05) is 0 Å². The molecule has 0 aliphatic carbocycles. The average Bonchev–Trinajstić information content (AvgIpc) is 2.41. The summed E-state index contributed by atoms with van der Waals surface area (Å²) in [6, 6.07) is 12.0. The van der Waals surface area contributed by atoms with Crippen molar-refractivity contribution in [1.82, 2.24) is 4.98 Å². The first-order valence-corrected chi connectivity index (χ1v) is 6.79. The fourth-order valence-electron chi connectivity index (χ4n) is 2.14. The molecule has 20 heavy (non-hydrogen) atoms. The van der Waals surface area contributed by atoms with Gasteiger partial charge in [0.25, 0.3) is 0 Å². The molecule has 3 heteroatoms. The third kappa shape index (κ3) is 3.16. The number of hydrogen-bond donors (Lipinski definition) is 0. The first kappa shape index (κ1) is 14.1. The molecule has 0 radical (unpaired) electrons. The lowest BCUT2D eigenvalue weighted by molar-refractivity contribution is 0.459. The van der Waals surface area contributed by atoms with Crippen LogP contribution in [-0.4, -0.2) is 4.98 Å². The summed E-state index contributed by atoms with van der Waals surface area (Å²) in [6.45, 7) is 5.94. The lowest BCUT2D eigenvalue weighted by Gasteiger charge is -2.09. The highest BCUT2D eigenvalue weighted by molar-refractivity contribution is 5.47. The number of nitriles is 1. The predicted molar refractivity (Wildman–Crippen MR) is 78.9 cm³/mol. The van der Waals surface area contributed by atoms with Gasteiger partial charge in [-0.2, -0.15) is 5.26 Å². The quantitative estimate of drug-likeness (QED) is 0.828. The van der Waals surface area contributed by atoms with Gasteiger partial charge in [0.1, 0.15) is 17.4 Å². The van der Waals surface area contributed by atoms with Gasteiger partial charge in [0, 0.05) is 5.69 Å². The molecule has 0 atom stereocenters. The molecule has 0 unspecified atom stereocenters. The standard InChI is InChI=1S/C17H18N2O/c1-4-5-14-6-8-15(9-7-14)20-17-16(11-18)12(2)10-13(3)19-17/h6-10H,4-5H2,1-3H3. The van der Waals surface area contributed by atoms with E-state index in [1.54, 1.807) is 0 Å². The van der Waals surface area contributed by atoms with E-state index in [1.807, 2.05) is 44.2 Å². The molecular formula is C17H18N2O. The predicted octanol–water partition coefficient (Wildman–Crippen LogP) is 4.31. The molecule has 2 aromatic rings. The zero-order chi connectivity index (χ0) is 14.5. The van der Waals surface area contributed by atoms with Gasteiger partial charge in [0.2, 0.25) is 5.88 Å². The topological polar surface area (TPSA) is 45.9 Å². The van der Waals surface area contributed by atoms with Gasteiger partial charge in [0.05, 0.1) is 0 Å². The Morgan fingerprint density at radius 3 is 2.50 bits per heavy atom. The Morgan fingerprint density at radius 1 is 1.20 bits per heavy atom. The van der Waals surface area contributed by atoms with Crippen LogP contribution < -0.4 is 4.74 Å². The molecule has 102 valence electrons.